The Morgan fingerprint density at radius 1 is 1.50 bits per heavy atom. The first-order valence-corrected chi connectivity index (χ1v) is 8.66. The van der Waals surface area contributed by atoms with Crippen molar-refractivity contribution in [3.8, 4) is 0 Å². The van der Waals surface area contributed by atoms with Crippen LogP contribution in [0, 0.1) is 0 Å². The van der Waals surface area contributed by atoms with Crippen molar-refractivity contribution in [2.75, 3.05) is 18.6 Å². The van der Waals surface area contributed by atoms with Crippen LogP contribution < -0.4 is 5.32 Å². The number of nitrogens with zero attached hydrogens (tertiary/aromatic N) is 1. The molecule has 2 aliphatic rings. The Bertz CT molecular complexity index is 335. The summed E-state index contributed by atoms with van der Waals surface area (Å²) in [6.45, 7) is 3.07. The van der Waals surface area contributed by atoms with Gasteiger partial charge in [0.05, 0.1) is 0 Å². The van der Waals surface area contributed by atoms with E-state index in [1.165, 1.54) is 6.42 Å². The van der Waals surface area contributed by atoms with Crippen molar-refractivity contribution >= 4 is 16.7 Å². The van der Waals surface area contributed by atoms with Crippen LogP contribution >= 0.6 is 0 Å². The van der Waals surface area contributed by atoms with Crippen LogP contribution in [-0.2, 0) is 15.6 Å². The minimum absolute atomic E-state index is 0.304. The van der Waals surface area contributed by atoms with Crippen LogP contribution in [0.15, 0.2) is 0 Å². The van der Waals surface area contributed by atoms with Crippen LogP contribution in [0.3, 0.4) is 0 Å². The molecule has 0 aliphatic carbocycles. The van der Waals surface area contributed by atoms with Crippen molar-refractivity contribution in [3.63, 3.8) is 0 Å². The minimum Gasteiger partial charge on any atom is -0.338 e. The van der Waals surface area contributed by atoms with Crippen LogP contribution in [0.1, 0.15) is 39.0 Å². The number of hydrogen-bond acceptors (Lipinski definition) is 3. The second kappa shape index (κ2) is 6.15. The molecule has 2 heterocycles. The fourth-order valence-electron chi connectivity index (χ4n) is 3.09. The van der Waals surface area contributed by atoms with Gasteiger partial charge >= 0.3 is 0 Å². The molecule has 104 valence electrons. The van der Waals surface area contributed by atoms with Gasteiger partial charge in [-0.25, -0.2) is 0 Å². The van der Waals surface area contributed by atoms with Crippen LogP contribution in [0.25, 0.3) is 0 Å². The SMILES string of the molecule is CC(CCS(C)=O)NC1CC(=O)N2CCCCC12. The zero-order valence-corrected chi connectivity index (χ0v) is 12.2. The van der Waals surface area contributed by atoms with Gasteiger partial charge in [-0.2, -0.15) is 0 Å². The molecule has 0 bridgehead atoms. The molecule has 4 atom stereocenters. The summed E-state index contributed by atoms with van der Waals surface area (Å²) in [4.78, 5) is 14.0. The highest BCUT2D eigenvalue weighted by atomic mass is 32.2. The van der Waals surface area contributed by atoms with Crippen LogP contribution in [0.2, 0.25) is 0 Å². The predicted molar refractivity (Wildman–Crippen MR) is 73.9 cm³/mol. The summed E-state index contributed by atoms with van der Waals surface area (Å²) in [5.74, 6) is 1.05. The van der Waals surface area contributed by atoms with E-state index in [-0.39, 0.29) is 0 Å². The Morgan fingerprint density at radius 3 is 3.00 bits per heavy atom. The highest BCUT2D eigenvalue weighted by Crippen LogP contribution is 2.28. The second-order valence-corrected chi connectivity index (χ2v) is 7.15. The summed E-state index contributed by atoms with van der Waals surface area (Å²) >= 11 is 0. The van der Waals surface area contributed by atoms with Gasteiger partial charge < -0.3 is 10.2 Å². The molecule has 2 fully saturated rings. The zero-order valence-electron chi connectivity index (χ0n) is 11.4. The van der Waals surface area contributed by atoms with Gasteiger partial charge in [0.1, 0.15) is 0 Å². The first-order chi connectivity index (χ1) is 8.58. The summed E-state index contributed by atoms with van der Waals surface area (Å²) in [7, 11) is -0.722. The number of carbonyl (C=O) groups excluding carboxylic acids is 1. The lowest BCUT2D eigenvalue weighted by Crippen LogP contribution is -2.48. The van der Waals surface area contributed by atoms with Crippen molar-refractivity contribution in [3.05, 3.63) is 0 Å². The highest BCUT2D eigenvalue weighted by molar-refractivity contribution is 7.84. The minimum atomic E-state index is -0.722. The van der Waals surface area contributed by atoms with Crippen LogP contribution in [0.5, 0.6) is 0 Å². The van der Waals surface area contributed by atoms with E-state index in [0.29, 0.717) is 30.5 Å². The third-order valence-electron chi connectivity index (χ3n) is 4.07. The molecule has 5 heteroatoms. The summed E-state index contributed by atoms with van der Waals surface area (Å²) < 4.78 is 11.1. The van der Waals surface area contributed by atoms with Crippen molar-refractivity contribution in [1.29, 1.82) is 0 Å². The number of rotatable bonds is 5. The predicted octanol–water partition coefficient (Wildman–Crippen LogP) is 0.886. The lowest BCUT2D eigenvalue weighted by molar-refractivity contribution is -0.129. The molecule has 18 heavy (non-hydrogen) atoms. The average molecular weight is 272 g/mol. The third-order valence-corrected chi connectivity index (χ3v) is 4.88. The van der Waals surface area contributed by atoms with Crippen molar-refractivity contribution in [2.24, 2.45) is 0 Å². The smallest absolute Gasteiger partial charge is 0.224 e. The number of carbonyl (C=O) groups is 1. The van der Waals surface area contributed by atoms with E-state index in [1.54, 1.807) is 6.26 Å². The van der Waals surface area contributed by atoms with Gasteiger partial charge in [0.15, 0.2) is 0 Å². The maximum absolute atomic E-state index is 11.9. The Hall–Kier alpha value is -0.420. The molecule has 0 aromatic carbocycles. The van der Waals surface area contributed by atoms with Gasteiger partial charge in [-0.3, -0.25) is 9.00 Å². The Kier molecular flexibility index (Phi) is 4.78. The molecular weight excluding hydrogens is 248 g/mol. The average Bonchev–Trinajstić information content (AvgIpc) is 2.65. The van der Waals surface area contributed by atoms with Crippen molar-refractivity contribution < 1.29 is 9.00 Å². The van der Waals surface area contributed by atoms with Gasteiger partial charge in [-0.05, 0) is 32.6 Å². The molecule has 0 aromatic rings. The number of fused-ring (bicyclic) bond motifs is 1. The maximum atomic E-state index is 11.9. The third kappa shape index (κ3) is 3.32. The molecule has 4 unspecified atom stereocenters. The quantitative estimate of drug-likeness (QED) is 0.808. The molecule has 1 N–H and O–H groups in total. The number of hydrogen-bond donors (Lipinski definition) is 1. The van der Waals surface area contributed by atoms with Gasteiger partial charge in [-0.15, -0.1) is 0 Å². The van der Waals surface area contributed by atoms with Gasteiger partial charge in [0.25, 0.3) is 0 Å². The van der Waals surface area contributed by atoms with E-state index in [4.69, 9.17) is 0 Å². The maximum Gasteiger partial charge on any atom is 0.224 e. The molecule has 2 aliphatic heterocycles. The van der Waals surface area contributed by atoms with E-state index in [0.717, 1.165) is 31.6 Å². The van der Waals surface area contributed by atoms with Crippen molar-refractivity contribution in [1.82, 2.24) is 10.2 Å². The highest BCUT2D eigenvalue weighted by Gasteiger charge is 2.40. The van der Waals surface area contributed by atoms with Gasteiger partial charge in [0, 0.05) is 53.9 Å². The monoisotopic (exact) mass is 272 g/mol. The second-order valence-electron chi connectivity index (χ2n) is 5.59. The fraction of sp³-hybridized carbons (Fsp3) is 0.923. The molecule has 0 radical (unpaired) electrons. The lowest BCUT2D eigenvalue weighted by Gasteiger charge is -2.33. The number of nitrogens with one attached hydrogen (secondary N) is 1. The first-order valence-electron chi connectivity index (χ1n) is 6.93. The Balaban J connectivity index is 1.85. The molecule has 0 saturated carbocycles. The van der Waals surface area contributed by atoms with E-state index >= 15 is 0 Å². The Labute approximate surface area is 112 Å². The first kappa shape index (κ1) is 14.0. The van der Waals surface area contributed by atoms with E-state index in [1.807, 2.05) is 0 Å². The standard InChI is InChI=1S/C13H24N2O2S/c1-10(6-8-18(2)17)14-11-9-13(16)15-7-4-3-5-12(11)15/h10-12,14H,3-9H2,1-2H3. The normalized spacial score (nSPS) is 31.2. The van der Waals surface area contributed by atoms with E-state index < -0.39 is 10.8 Å². The summed E-state index contributed by atoms with van der Waals surface area (Å²) in [6, 6.07) is 1.05. The summed E-state index contributed by atoms with van der Waals surface area (Å²) in [6.07, 6.45) is 6.83. The lowest BCUT2D eigenvalue weighted by atomic mass is 9.98. The van der Waals surface area contributed by atoms with Crippen LogP contribution in [-0.4, -0.2) is 51.7 Å². The van der Waals surface area contributed by atoms with Gasteiger partial charge in [0.2, 0.25) is 5.91 Å². The van der Waals surface area contributed by atoms with Crippen LogP contribution in [0.4, 0.5) is 0 Å². The van der Waals surface area contributed by atoms with Gasteiger partial charge in [-0.1, -0.05) is 0 Å². The zero-order chi connectivity index (χ0) is 13.1. The number of amides is 1. The molecule has 2 rings (SSSR count). The van der Waals surface area contributed by atoms with E-state index in [2.05, 4.69) is 17.1 Å². The summed E-state index contributed by atoms with van der Waals surface area (Å²) in [5, 5.41) is 3.57. The van der Waals surface area contributed by atoms with E-state index in [9.17, 15) is 9.00 Å². The molecule has 0 aromatic heterocycles. The molecule has 2 saturated heterocycles. The molecule has 1 amide bonds. The van der Waals surface area contributed by atoms with Crippen molar-refractivity contribution in [2.45, 2.75) is 57.2 Å². The summed E-state index contributed by atoms with van der Waals surface area (Å²) in [5.41, 5.74) is 0. The molecule has 0 spiro atoms. The topological polar surface area (TPSA) is 49.4 Å². The molecular formula is C13H24N2O2S. The molecule has 4 nitrogen and oxygen atoms in total. The largest absolute Gasteiger partial charge is 0.338 e. The Morgan fingerprint density at radius 2 is 2.28 bits per heavy atom. The number of piperidine rings is 1. The fourth-order valence-corrected chi connectivity index (χ4v) is 3.77.